The van der Waals surface area contributed by atoms with Gasteiger partial charge in [-0.25, -0.2) is 18.0 Å². The number of carbonyl (C=O) groups excluding carboxylic acids is 4. The van der Waals surface area contributed by atoms with E-state index in [-0.39, 0.29) is 23.4 Å². The van der Waals surface area contributed by atoms with Crippen LogP contribution in [0.3, 0.4) is 0 Å². The van der Waals surface area contributed by atoms with Gasteiger partial charge in [-0.15, -0.1) is 0 Å². The molecule has 0 N–H and O–H groups in total. The molecule has 1 amide bonds. The van der Waals surface area contributed by atoms with Gasteiger partial charge in [0.15, 0.2) is 21.3 Å². The van der Waals surface area contributed by atoms with E-state index in [1.165, 1.54) is 26.4 Å². The Morgan fingerprint density at radius 2 is 1.81 bits per heavy atom. The van der Waals surface area contributed by atoms with E-state index in [0.717, 1.165) is 11.8 Å². The average Bonchev–Trinajstić information content (AvgIpc) is 2.75. The maximum Gasteiger partial charge on any atom is 0.355 e. The molecule has 3 rings (SSSR count). The van der Waals surface area contributed by atoms with Gasteiger partial charge in [0.25, 0.3) is 5.91 Å². The van der Waals surface area contributed by atoms with Gasteiger partial charge in [-0.1, -0.05) is 12.1 Å². The van der Waals surface area contributed by atoms with Crippen molar-refractivity contribution in [2.45, 2.75) is 25.0 Å². The van der Waals surface area contributed by atoms with Crippen LogP contribution in [-0.4, -0.2) is 75.2 Å². The van der Waals surface area contributed by atoms with Crippen molar-refractivity contribution >= 4 is 33.7 Å². The fraction of sp³-hybridized carbons (Fsp3) is 0.400. The SMILES string of the molecule is COC(=O)c1cccc(COC(=O)C2=C(COC(C)=O)CS(=O)(=O)C3[C@@H](OC)C(=O)N23)c1. The molecule has 32 heavy (non-hydrogen) atoms. The Labute approximate surface area is 183 Å². The maximum absolute atomic E-state index is 12.9. The molecule has 2 atom stereocenters. The van der Waals surface area contributed by atoms with E-state index >= 15 is 0 Å². The highest BCUT2D eigenvalue weighted by Crippen LogP contribution is 2.38. The number of esters is 3. The van der Waals surface area contributed by atoms with Crippen LogP contribution in [0, 0.1) is 0 Å². The third kappa shape index (κ3) is 4.36. The summed E-state index contributed by atoms with van der Waals surface area (Å²) >= 11 is 0. The largest absolute Gasteiger partial charge is 0.465 e. The van der Waals surface area contributed by atoms with Crippen molar-refractivity contribution in [2.75, 3.05) is 26.6 Å². The smallest absolute Gasteiger partial charge is 0.355 e. The molecule has 12 heteroatoms. The van der Waals surface area contributed by atoms with Gasteiger partial charge in [-0.05, 0) is 17.7 Å². The van der Waals surface area contributed by atoms with Crippen molar-refractivity contribution in [3.05, 3.63) is 46.7 Å². The molecule has 0 aliphatic carbocycles. The van der Waals surface area contributed by atoms with Crippen LogP contribution in [0.5, 0.6) is 0 Å². The van der Waals surface area contributed by atoms with Gasteiger partial charge in [0, 0.05) is 19.6 Å². The number of β-lactam (4-membered cyclic amide) rings is 1. The molecule has 2 aliphatic rings. The van der Waals surface area contributed by atoms with Crippen molar-refractivity contribution < 1.29 is 46.5 Å². The molecule has 2 heterocycles. The quantitative estimate of drug-likeness (QED) is 0.304. The first-order chi connectivity index (χ1) is 15.1. The first kappa shape index (κ1) is 23.4. The van der Waals surface area contributed by atoms with Crippen LogP contribution in [0.25, 0.3) is 0 Å². The molecule has 0 spiro atoms. The van der Waals surface area contributed by atoms with Gasteiger partial charge >= 0.3 is 17.9 Å². The molecule has 1 fully saturated rings. The fourth-order valence-corrected chi connectivity index (χ4v) is 5.48. The summed E-state index contributed by atoms with van der Waals surface area (Å²) < 4.78 is 45.1. The molecule has 1 unspecified atom stereocenters. The Morgan fingerprint density at radius 3 is 2.44 bits per heavy atom. The highest BCUT2D eigenvalue weighted by molar-refractivity contribution is 7.92. The molecule has 1 saturated heterocycles. The Kier molecular flexibility index (Phi) is 6.65. The zero-order valence-electron chi connectivity index (χ0n) is 17.5. The van der Waals surface area contributed by atoms with Crippen molar-refractivity contribution in [3.63, 3.8) is 0 Å². The Morgan fingerprint density at radius 1 is 1.09 bits per heavy atom. The van der Waals surface area contributed by atoms with Crippen molar-refractivity contribution in [3.8, 4) is 0 Å². The zero-order valence-corrected chi connectivity index (χ0v) is 18.3. The number of sulfone groups is 1. The van der Waals surface area contributed by atoms with Crippen LogP contribution in [0.2, 0.25) is 0 Å². The summed E-state index contributed by atoms with van der Waals surface area (Å²) in [6, 6.07) is 6.18. The summed E-state index contributed by atoms with van der Waals surface area (Å²) in [5.41, 5.74) is 0.342. The van der Waals surface area contributed by atoms with E-state index in [1.54, 1.807) is 12.1 Å². The Bertz CT molecular complexity index is 1110. The number of nitrogens with zero attached hydrogens (tertiary/aromatic N) is 1. The number of carbonyl (C=O) groups is 4. The van der Waals surface area contributed by atoms with E-state index in [2.05, 4.69) is 4.74 Å². The second kappa shape index (κ2) is 9.09. The van der Waals surface area contributed by atoms with Crippen molar-refractivity contribution in [2.24, 2.45) is 0 Å². The second-order valence-electron chi connectivity index (χ2n) is 7.06. The molecule has 1 aromatic carbocycles. The molecule has 11 nitrogen and oxygen atoms in total. The van der Waals surface area contributed by atoms with Gasteiger partial charge in [0.1, 0.15) is 18.9 Å². The number of hydrogen-bond acceptors (Lipinski definition) is 10. The summed E-state index contributed by atoms with van der Waals surface area (Å²) in [5, 5.41) is -1.37. The van der Waals surface area contributed by atoms with E-state index < -0.39 is 57.5 Å². The maximum atomic E-state index is 12.9. The molecule has 0 bridgehead atoms. The van der Waals surface area contributed by atoms with E-state index in [4.69, 9.17) is 14.2 Å². The normalized spacial score (nSPS) is 21.3. The van der Waals surface area contributed by atoms with Gasteiger partial charge in [0.2, 0.25) is 0 Å². The number of methoxy groups -OCH3 is 2. The summed E-state index contributed by atoms with van der Waals surface area (Å²) in [6.45, 7) is 0.370. The highest BCUT2D eigenvalue weighted by atomic mass is 32.2. The molecule has 1 aromatic rings. The summed E-state index contributed by atoms with van der Waals surface area (Å²) in [6.07, 6.45) is -1.24. The van der Waals surface area contributed by atoms with Crippen LogP contribution in [-0.2, 0) is 49.8 Å². The minimum atomic E-state index is -3.89. The summed E-state index contributed by atoms with van der Waals surface area (Å²) in [7, 11) is -1.47. The fourth-order valence-electron chi connectivity index (χ4n) is 3.47. The minimum absolute atomic E-state index is 0.0762. The lowest BCUT2D eigenvalue weighted by molar-refractivity contribution is -0.164. The summed E-state index contributed by atoms with van der Waals surface area (Å²) in [5.74, 6) is -3.55. The van der Waals surface area contributed by atoms with Gasteiger partial charge in [0.05, 0.1) is 18.4 Å². The zero-order chi connectivity index (χ0) is 23.6. The van der Waals surface area contributed by atoms with Crippen LogP contribution >= 0.6 is 0 Å². The molecule has 2 aliphatic heterocycles. The van der Waals surface area contributed by atoms with E-state index in [9.17, 15) is 27.6 Å². The van der Waals surface area contributed by atoms with Crippen molar-refractivity contribution in [1.29, 1.82) is 0 Å². The standard InChI is InChI=1S/C20H21NO10S/c1-11(22)30-9-14-10-32(26,27)18-16(28-2)17(23)21(18)15(14)20(25)31-8-12-5-4-6-13(7-12)19(24)29-3/h4-7,16,18H,8-10H2,1-3H3/t16-,18?/m0/s1. The van der Waals surface area contributed by atoms with Crippen LogP contribution < -0.4 is 0 Å². The number of benzene rings is 1. The minimum Gasteiger partial charge on any atom is -0.465 e. The lowest BCUT2D eigenvalue weighted by atomic mass is 10.1. The topological polar surface area (TPSA) is 143 Å². The number of rotatable bonds is 7. The lowest BCUT2D eigenvalue weighted by Gasteiger charge is -2.48. The monoisotopic (exact) mass is 467 g/mol. The van der Waals surface area contributed by atoms with Crippen molar-refractivity contribution in [1.82, 2.24) is 4.90 Å². The number of amides is 1. The summed E-state index contributed by atoms with van der Waals surface area (Å²) in [4.78, 5) is 49.1. The van der Waals surface area contributed by atoms with Gasteiger partial charge in [-0.2, -0.15) is 0 Å². The Balaban J connectivity index is 1.88. The number of hydrogen-bond donors (Lipinski definition) is 0. The third-order valence-corrected chi connectivity index (χ3v) is 6.87. The lowest BCUT2D eigenvalue weighted by Crippen LogP contribution is -2.70. The predicted octanol–water partition coefficient (Wildman–Crippen LogP) is -0.0547. The molecular formula is C20H21NO10S. The highest BCUT2D eigenvalue weighted by Gasteiger charge is 2.60. The number of ether oxygens (including phenoxy) is 4. The molecular weight excluding hydrogens is 446 g/mol. The molecule has 0 radical (unpaired) electrons. The average molecular weight is 467 g/mol. The third-order valence-electron chi connectivity index (χ3n) is 4.93. The van der Waals surface area contributed by atoms with Gasteiger partial charge < -0.3 is 18.9 Å². The predicted molar refractivity (Wildman–Crippen MR) is 106 cm³/mol. The Hall–Kier alpha value is -3.25. The molecule has 0 saturated carbocycles. The number of fused-ring (bicyclic) bond motifs is 1. The van der Waals surface area contributed by atoms with Crippen LogP contribution in [0.1, 0.15) is 22.8 Å². The van der Waals surface area contributed by atoms with E-state index in [1.807, 2.05) is 0 Å². The molecule has 0 aromatic heterocycles. The van der Waals surface area contributed by atoms with Crippen LogP contribution in [0.4, 0.5) is 0 Å². The second-order valence-corrected chi connectivity index (χ2v) is 9.16. The molecule has 172 valence electrons. The van der Waals surface area contributed by atoms with Crippen LogP contribution in [0.15, 0.2) is 35.5 Å². The first-order valence-corrected chi connectivity index (χ1v) is 11.1. The first-order valence-electron chi connectivity index (χ1n) is 9.38. The van der Waals surface area contributed by atoms with Gasteiger partial charge in [-0.3, -0.25) is 14.5 Å². The van der Waals surface area contributed by atoms with E-state index in [0.29, 0.717) is 5.56 Å².